The maximum atomic E-state index is 11.4. The van der Waals surface area contributed by atoms with Crippen LogP contribution in [0.25, 0.3) is 0 Å². The van der Waals surface area contributed by atoms with E-state index in [-0.39, 0.29) is 0 Å². The molecule has 0 unspecified atom stereocenters. The molecule has 0 aliphatic carbocycles. The third kappa shape index (κ3) is 4.00. The van der Waals surface area contributed by atoms with Crippen LogP contribution < -0.4 is 4.74 Å². The van der Waals surface area contributed by atoms with Crippen LogP contribution in [-0.2, 0) is 4.79 Å². The van der Waals surface area contributed by atoms with E-state index in [1.54, 1.807) is 30.8 Å². The molecule has 20 heavy (non-hydrogen) atoms. The Bertz CT molecular complexity index is 612. The van der Waals surface area contributed by atoms with Gasteiger partial charge in [-0.3, -0.25) is 0 Å². The van der Waals surface area contributed by atoms with Gasteiger partial charge in [0.1, 0.15) is 5.75 Å². The molecule has 0 heterocycles. The molecule has 0 aromatic heterocycles. The van der Waals surface area contributed by atoms with Gasteiger partial charge in [0.25, 0.3) is 0 Å². The van der Waals surface area contributed by atoms with E-state index in [0.717, 1.165) is 4.90 Å². The average molecular weight is 284 g/mol. The molecule has 2 aromatic rings. The molecule has 0 N–H and O–H groups in total. The van der Waals surface area contributed by atoms with Crippen molar-refractivity contribution in [2.75, 3.05) is 0 Å². The summed E-state index contributed by atoms with van der Waals surface area (Å²) in [4.78, 5) is 13.7. The standard InChI is InChI=1S/C17H16O2S/c1-12(2)17(18)19-14-6-10-16(11-7-14)20-15-8-4-13(3)5-9-15/h4-11H,1H2,2-3H3. The second kappa shape index (κ2) is 6.44. The SMILES string of the molecule is C=C(C)C(=O)Oc1ccc(Sc2ccc(C)cc2)cc1. The lowest BCUT2D eigenvalue weighted by Crippen LogP contribution is -2.07. The number of hydrogen-bond acceptors (Lipinski definition) is 3. The summed E-state index contributed by atoms with van der Waals surface area (Å²) in [6, 6.07) is 15.8. The van der Waals surface area contributed by atoms with Gasteiger partial charge < -0.3 is 4.74 Å². The van der Waals surface area contributed by atoms with Crippen molar-refractivity contribution in [3.05, 3.63) is 66.2 Å². The number of benzene rings is 2. The smallest absolute Gasteiger partial charge is 0.338 e. The van der Waals surface area contributed by atoms with Gasteiger partial charge in [-0.2, -0.15) is 0 Å². The third-order valence-electron chi connectivity index (χ3n) is 2.64. The van der Waals surface area contributed by atoms with Crippen LogP contribution in [0.3, 0.4) is 0 Å². The molecule has 0 saturated heterocycles. The molecule has 0 radical (unpaired) electrons. The Hall–Kier alpha value is -2.00. The van der Waals surface area contributed by atoms with Gasteiger partial charge in [0, 0.05) is 15.4 Å². The van der Waals surface area contributed by atoms with Crippen LogP contribution in [0.15, 0.2) is 70.5 Å². The number of rotatable bonds is 4. The van der Waals surface area contributed by atoms with Crippen LogP contribution in [0.2, 0.25) is 0 Å². The van der Waals surface area contributed by atoms with Crippen molar-refractivity contribution in [3.63, 3.8) is 0 Å². The fourth-order valence-electron chi connectivity index (χ4n) is 1.51. The third-order valence-corrected chi connectivity index (χ3v) is 3.66. The predicted molar refractivity (Wildman–Crippen MR) is 82.2 cm³/mol. The molecule has 2 nitrogen and oxygen atoms in total. The number of carbonyl (C=O) groups is 1. The fraction of sp³-hybridized carbons (Fsp3) is 0.118. The minimum atomic E-state index is -0.399. The zero-order valence-electron chi connectivity index (χ0n) is 11.6. The normalized spacial score (nSPS) is 10.1. The van der Waals surface area contributed by atoms with Crippen LogP contribution in [0.1, 0.15) is 12.5 Å². The molecule has 0 fully saturated rings. The highest BCUT2D eigenvalue weighted by molar-refractivity contribution is 7.99. The van der Waals surface area contributed by atoms with Gasteiger partial charge in [-0.15, -0.1) is 0 Å². The van der Waals surface area contributed by atoms with Crippen LogP contribution in [-0.4, -0.2) is 5.97 Å². The molecule has 2 aromatic carbocycles. The van der Waals surface area contributed by atoms with Crippen LogP contribution in [0.5, 0.6) is 5.75 Å². The van der Waals surface area contributed by atoms with Crippen LogP contribution in [0.4, 0.5) is 0 Å². The first kappa shape index (κ1) is 14.4. The Balaban J connectivity index is 2.03. The minimum Gasteiger partial charge on any atom is -0.423 e. The zero-order chi connectivity index (χ0) is 14.5. The van der Waals surface area contributed by atoms with Crippen molar-refractivity contribution < 1.29 is 9.53 Å². The Morgan fingerprint density at radius 1 is 1.00 bits per heavy atom. The van der Waals surface area contributed by atoms with Crippen molar-refractivity contribution in [2.24, 2.45) is 0 Å². The number of carbonyl (C=O) groups excluding carboxylic acids is 1. The molecule has 0 spiro atoms. The molecular formula is C17H16O2S. The quantitative estimate of drug-likeness (QED) is 0.465. The number of ether oxygens (including phenoxy) is 1. The van der Waals surface area contributed by atoms with Gasteiger partial charge >= 0.3 is 5.97 Å². The molecule has 0 saturated carbocycles. The Morgan fingerprint density at radius 3 is 2.00 bits per heavy atom. The molecule has 2 rings (SSSR count). The molecule has 0 amide bonds. The lowest BCUT2D eigenvalue weighted by atomic mass is 10.2. The van der Waals surface area contributed by atoms with Crippen molar-refractivity contribution in [2.45, 2.75) is 23.6 Å². The second-order valence-corrected chi connectivity index (χ2v) is 5.70. The van der Waals surface area contributed by atoms with E-state index < -0.39 is 5.97 Å². The summed E-state index contributed by atoms with van der Waals surface area (Å²) >= 11 is 1.67. The van der Waals surface area contributed by atoms with Crippen LogP contribution in [0, 0.1) is 6.92 Å². The lowest BCUT2D eigenvalue weighted by molar-refractivity contribution is -0.130. The summed E-state index contributed by atoms with van der Waals surface area (Å²) in [7, 11) is 0. The van der Waals surface area contributed by atoms with Gasteiger partial charge in [-0.1, -0.05) is 36.0 Å². The maximum Gasteiger partial charge on any atom is 0.338 e. The van der Waals surface area contributed by atoms with E-state index in [9.17, 15) is 4.79 Å². The molecule has 102 valence electrons. The first-order valence-corrected chi connectivity index (χ1v) is 7.08. The van der Waals surface area contributed by atoms with Gasteiger partial charge in [-0.25, -0.2) is 4.79 Å². The van der Waals surface area contributed by atoms with E-state index in [1.165, 1.54) is 10.5 Å². The van der Waals surface area contributed by atoms with Gasteiger partial charge in [-0.05, 0) is 50.2 Å². The van der Waals surface area contributed by atoms with E-state index in [0.29, 0.717) is 11.3 Å². The second-order valence-electron chi connectivity index (χ2n) is 4.56. The first-order chi connectivity index (χ1) is 9.54. The van der Waals surface area contributed by atoms with Gasteiger partial charge in [0.15, 0.2) is 0 Å². The molecule has 0 aliphatic heterocycles. The van der Waals surface area contributed by atoms with E-state index in [4.69, 9.17) is 4.74 Å². The van der Waals surface area contributed by atoms with E-state index in [1.807, 2.05) is 12.1 Å². The summed E-state index contributed by atoms with van der Waals surface area (Å²) in [6.45, 7) is 7.25. The van der Waals surface area contributed by atoms with Crippen molar-refractivity contribution in [3.8, 4) is 5.75 Å². The summed E-state index contributed by atoms with van der Waals surface area (Å²) in [5.41, 5.74) is 1.64. The van der Waals surface area contributed by atoms with E-state index >= 15 is 0 Å². The number of aryl methyl sites for hydroxylation is 1. The van der Waals surface area contributed by atoms with Crippen molar-refractivity contribution in [1.29, 1.82) is 0 Å². The number of esters is 1. The summed E-state index contributed by atoms with van der Waals surface area (Å²) in [5.74, 6) is 0.134. The van der Waals surface area contributed by atoms with Crippen molar-refractivity contribution >= 4 is 17.7 Å². The highest BCUT2D eigenvalue weighted by Crippen LogP contribution is 2.29. The molecule has 0 aliphatic rings. The highest BCUT2D eigenvalue weighted by atomic mass is 32.2. The maximum absolute atomic E-state index is 11.4. The lowest BCUT2D eigenvalue weighted by Gasteiger charge is -2.05. The Labute approximate surface area is 123 Å². The Kier molecular flexibility index (Phi) is 4.64. The zero-order valence-corrected chi connectivity index (χ0v) is 12.4. The van der Waals surface area contributed by atoms with E-state index in [2.05, 4.69) is 37.8 Å². The van der Waals surface area contributed by atoms with Crippen LogP contribution >= 0.6 is 11.8 Å². The first-order valence-electron chi connectivity index (χ1n) is 6.27. The summed E-state index contributed by atoms with van der Waals surface area (Å²) in [5, 5.41) is 0. The Morgan fingerprint density at radius 2 is 1.50 bits per heavy atom. The number of hydrogen-bond donors (Lipinski definition) is 0. The summed E-state index contributed by atoms with van der Waals surface area (Å²) in [6.07, 6.45) is 0. The average Bonchev–Trinajstić information content (AvgIpc) is 2.43. The molecule has 3 heteroatoms. The molecule has 0 atom stereocenters. The van der Waals surface area contributed by atoms with Crippen molar-refractivity contribution in [1.82, 2.24) is 0 Å². The van der Waals surface area contributed by atoms with Gasteiger partial charge in [0.05, 0.1) is 0 Å². The topological polar surface area (TPSA) is 26.3 Å². The predicted octanol–water partition coefficient (Wildman–Crippen LogP) is 4.63. The molecular weight excluding hydrogens is 268 g/mol. The largest absolute Gasteiger partial charge is 0.423 e. The fourth-order valence-corrected chi connectivity index (χ4v) is 2.33. The minimum absolute atomic E-state index is 0.392. The summed E-state index contributed by atoms with van der Waals surface area (Å²) < 4.78 is 5.15. The highest BCUT2D eigenvalue weighted by Gasteiger charge is 2.05. The monoisotopic (exact) mass is 284 g/mol. The molecule has 0 bridgehead atoms. The van der Waals surface area contributed by atoms with Gasteiger partial charge in [0.2, 0.25) is 0 Å².